The van der Waals surface area contributed by atoms with E-state index >= 15 is 0 Å². The summed E-state index contributed by atoms with van der Waals surface area (Å²) in [6, 6.07) is 10.3. The lowest BCUT2D eigenvalue weighted by atomic mass is 9.98. The Morgan fingerprint density at radius 3 is 2.50 bits per heavy atom. The quantitative estimate of drug-likeness (QED) is 0.827. The van der Waals surface area contributed by atoms with Crippen LogP contribution >= 0.6 is 11.6 Å². The summed E-state index contributed by atoms with van der Waals surface area (Å²) >= 11 is 5.90. The number of fused-ring (bicyclic) bond motifs is 1. The van der Waals surface area contributed by atoms with E-state index in [0.717, 1.165) is 21.7 Å². The first-order chi connectivity index (χ1) is 12.3. The van der Waals surface area contributed by atoms with Gasteiger partial charge in [0.2, 0.25) is 5.91 Å². The maximum atomic E-state index is 12.5. The number of para-hydroxylation sites is 1. The largest absolute Gasteiger partial charge is 0.324 e. The number of benzene rings is 2. The Hall–Kier alpha value is -2.66. The Labute approximate surface area is 156 Å². The fraction of sp³-hybridized carbons (Fsp3) is 0.250. The molecule has 0 bridgehead atoms. The van der Waals surface area contributed by atoms with Crippen molar-refractivity contribution in [3.05, 3.63) is 63.7 Å². The normalized spacial score (nSPS) is 13.3. The number of rotatable bonds is 4. The lowest BCUT2D eigenvalue weighted by molar-refractivity contribution is -0.116. The SMILES string of the molecule is Cc1cccc(C(C)C)c1NC(=O)CN1C(=O)c2ccc(Cl)cc2C1=O. The predicted octanol–water partition coefficient (Wildman–Crippen LogP) is 4.01. The average molecular weight is 371 g/mol. The van der Waals surface area contributed by atoms with Crippen molar-refractivity contribution in [1.82, 2.24) is 4.90 Å². The van der Waals surface area contributed by atoms with Gasteiger partial charge < -0.3 is 5.32 Å². The molecule has 1 N–H and O–H groups in total. The molecule has 0 saturated carbocycles. The van der Waals surface area contributed by atoms with Gasteiger partial charge >= 0.3 is 0 Å². The molecule has 6 heteroatoms. The van der Waals surface area contributed by atoms with Crippen LogP contribution in [0.2, 0.25) is 5.02 Å². The van der Waals surface area contributed by atoms with Gasteiger partial charge in [-0.3, -0.25) is 19.3 Å². The minimum atomic E-state index is -0.503. The van der Waals surface area contributed by atoms with Gasteiger partial charge in [-0.2, -0.15) is 0 Å². The van der Waals surface area contributed by atoms with Crippen molar-refractivity contribution < 1.29 is 14.4 Å². The molecule has 3 rings (SSSR count). The summed E-state index contributed by atoms with van der Waals surface area (Å²) in [5.41, 5.74) is 3.17. The number of anilines is 1. The third-order valence-corrected chi connectivity index (χ3v) is 4.66. The van der Waals surface area contributed by atoms with Crippen LogP contribution in [0.15, 0.2) is 36.4 Å². The zero-order valence-electron chi connectivity index (χ0n) is 14.8. The Morgan fingerprint density at radius 2 is 1.81 bits per heavy atom. The van der Waals surface area contributed by atoms with Crippen LogP contribution in [-0.2, 0) is 4.79 Å². The fourth-order valence-electron chi connectivity index (χ4n) is 3.07. The molecule has 1 heterocycles. The van der Waals surface area contributed by atoms with Gasteiger partial charge in [0.1, 0.15) is 6.54 Å². The number of hydrogen-bond acceptors (Lipinski definition) is 3. The van der Waals surface area contributed by atoms with Crippen LogP contribution in [0, 0.1) is 6.92 Å². The smallest absolute Gasteiger partial charge is 0.262 e. The molecule has 26 heavy (non-hydrogen) atoms. The molecule has 2 aromatic carbocycles. The first-order valence-electron chi connectivity index (χ1n) is 8.34. The number of hydrogen-bond donors (Lipinski definition) is 1. The van der Waals surface area contributed by atoms with Gasteiger partial charge in [0.05, 0.1) is 11.1 Å². The Morgan fingerprint density at radius 1 is 1.12 bits per heavy atom. The number of carbonyl (C=O) groups excluding carboxylic acids is 3. The minimum absolute atomic E-state index is 0.228. The minimum Gasteiger partial charge on any atom is -0.324 e. The highest BCUT2D eigenvalue weighted by molar-refractivity contribution is 6.32. The number of nitrogens with zero attached hydrogens (tertiary/aromatic N) is 1. The highest BCUT2D eigenvalue weighted by Gasteiger charge is 2.36. The van der Waals surface area contributed by atoms with E-state index in [-0.39, 0.29) is 23.6 Å². The fourth-order valence-corrected chi connectivity index (χ4v) is 3.24. The molecule has 0 unspecified atom stereocenters. The van der Waals surface area contributed by atoms with E-state index in [1.165, 1.54) is 12.1 Å². The molecule has 0 atom stereocenters. The number of nitrogens with one attached hydrogen (secondary N) is 1. The maximum absolute atomic E-state index is 12.5. The Kier molecular flexibility index (Phi) is 4.83. The van der Waals surface area contributed by atoms with Crippen LogP contribution in [-0.4, -0.2) is 29.2 Å². The molecule has 1 aliphatic heterocycles. The van der Waals surface area contributed by atoms with E-state index < -0.39 is 17.7 Å². The molecule has 0 saturated heterocycles. The predicted molar refractivity (Wildman–Crippen MR) is 101 cm³/mol. The van der Waals surface area contributed by atoms with E-state index in [9.17, 15) is 14.4 Å². The first kappa shape index (κ1) is 18.1. The van der Waals surface area contributed by atoms with Crippen LogP contribution in [0.25, 0.3) is 0 Å². The lowest BCUT2D eigenvalue weighted by Crippen LogP contribution is -2.37. The molecule has 5 nitrogen and oxygen atoms in total. The van der Waals surface area contributed by atoms with Gasteiger partial charge in [0.15, 0.2) is 0 Å². The average Bonchev–Trinajstić information content (AvgIpc) is 2.81. The zero-order valence-corrected chi connectivity index (χ0v) is 15.6. The zero-order chi connectivity index (χ0) is 19.0. The lowest BCUT2D eigenvalue weighted by Gasteiger charge is -2.18. The van der Waals surface area contributed by atoms with Gasteiger partial charge in [-0.15, -0.1) is 0 Å². The van der Waals surface area contributed by atoms with Crippen LogP contribution < -0.4 is 5.32 Å². The van der Waals surface area contributed by atoms with Gasteiger partial charge in [-0.25, -0.2) is 0 Å². The van der Waals surface area contributed by atoms with Gasteiger partial charge in [-0.1, -0.05) is 43.6 Å². The molecule has 0 aliphatic carbocycles. The van der Waals surface area contributed by atoms with Crippen LogP contribution in [0.5, 0.6) is 0 Å². The van der Waals surface area contributed by atoms with E-state index in [2.05, 4.69) is 5.32 Å². The second-order valence-electron chi connectivity index (χ2n) is 6.63. The molecular formula is C20H19ClN2O3. The number of amides is 3. The van der Waals surface area contributed by atoms with Crippen LogP contribution in [0.4, 0.5) is 5.69 Å². The van der Waals surface area contributed by atoms with Crippen LogP contribution in [0.1, 0.15) is 51.6 Å². The summed E-state index contributed by atoms with van der Waals surface area (Å²) < 4.78 is 0. The van der Waals surface area contributed by atoms with Gasteiger partial charge in [-0.05, 0) is 42.2 Å². The summed E-state index contributed by atoms with van der Waals surface area (Å²) in [5, 5.41) is 3.23. The maximum Gasteiger partial charge on any atom is 0.262 e. The topological polar surface area (TPSA) is 66.5 Å². The van der Waals surface area contributed by atoms with Crippen molar-refractivity contribution in [3.8, 4) is 0 Å². The van der Waals surface area contributed by atoms with Gasteiger partial charge in [0, 0.05) is 10.7 Å². The molecular weight excluding hydrogens is 352 g/mol. The molecule has 0 fully saturated rings. The molecule has 0 radical (unpaired) electrons. The van der Waals surface area contributed by atoms with Crippen LogP contribution in [0.3, 0.4) is 0 Å². The molecule has 0 aromatic heterocycles. The summed E-state index contributed by atoms with van der Waals surface area (Å²) in [7, 11) is 0. The van der Waals surface area contributed by atoms with Crippen molar-refractivity contribution in [2.24, 2.45) is 0 Å². The molecule has 1 aliphatic rings. The second kappa shape index (κ2) is 6.92. The number of halogens is 1. The number of carbonyl (C=O) groups is 3. The highest BCUT2D eigenvalue weighted by Crippen LogP contribution is 2.28. The van der Waals surface area contributed by atoms with Crippen molar-refractivity contribution in [3.63, 3.8) is 0 Å². The van der Waals surface area contributed by atoms with E-state index in [1.807, 2.05) is 39.0 Å². The summed E-state index contributed by atoms with van der Waals surface area (Å²) in [6.07, 6.45) is 0. The van der Waals surface area contributed by atoms with E-state index in [0.29, 0.717) is 5.02 Å². The van der Waals surface area contributed by atoms with Crippen molar-refractivity contribution in [1.29, 1.82) is 0 Å². The third kappa shape index (κ3) is 3.22. The first-order valence-corrected chi connectivity index (χ1v) is 8.72. The highest BCUT2D eigenvalue weighted by atomic mass is 35.5. The van der Waals surface area contributed by atoms with Crippen molar-refractivity contribution >= 4 is 35.0 Å². The van der Waals surface area contributed by atoms with Crippen molar-refractivity contribution in [2.45, 2.75) is 26.7 Å². The second-order valence-corrected chi connectivity index (χ2v) is 7.06. The Balaban J connectivity index is 1.80. The molecule has 3 amide bonds. The van der Waals surface area contributed by atoms with E-state index in [4.69, 9.17) is 11.6 Å². The van der Waals surface area contributed by atoms with E-state index in [1.54, 1.807) is 6.07 Å². The monoisotopic (exact) mass is 370 g/mol. The standard InChI is InChI=1S/C20H19ClN2O3/c1-11(2)14-6-4-5-12(3)18(14)22-17(24)10-23-19(25)15-8-7-13(21)9-16(15)20(23)26/h4-9,11H,10H2,1-3H3,(H,22,24). The third-order valence-electron chi connectivity index (χ3n) is 4.43. The summed E-state index contributed by atoms with van der Waals surface area (Å²) in [6.45, 7) is 5.65. The Bertz CT molecular complexity index is 921. The summed E-state index contributed by atoms with van der Waals surface area (Å²) in [4.78, 5) is 38.4. The molecule has 2 aromatic rings. The molecule has 0 spiro atoms. The van der Waals surface area contributed by atoms with Crippen molar-refractivity contribution in [2.75, 3.05) is 11.9 Å². The number of imide groups is 1. The van der Waals surface area contributed by atoms with Gasteiger partial charge in [0.25, 0.3) is 11.8 Å². The summed E-state index contributed by atoms with van der Waals surface area (Å²) in [5.74, 6) is -1.17. The molecule has 134 valence electrons. The number of aryl methyl sites for hydroxylation is 1.